The molecule has 0 amide bonds. The van der Waals surface area contributed by atoms with Crippen molar-refractivity contribution < 1.29 is 0 Å². The van der Waals surface area contributed by atoms with Gasteiger partial charge in [0, 0.05) is 0 Å². The molecule has 2 atom stereocenters. The molecule has 0 bridgehead atoms. The molecule has 0 fully saturated rings. The van der Waals surface area contributed by atoms with Crippen LogP contribution in [0.3, 0.4) is 0 Å². The normalized spacial score (nSPS) is 26.5. The predicted octanol–water partition coefficient (Wildman–Crippen LogP) is 3.55. The Bertz CT molecular complexity index is 174. The SMILES string of the molecule is CCC(C)C1C=CC(C)=CC1. The van der Waals surface area contributed by atoms with Crippen molar-refractivity contribution in [3.05, 3.63) is 23.8 Å². The Morgan fingerprint density at radius 1 is 1.64 bits per heavy atom. The lowest BCUT2D eigenvalue weighted by Gasteiger charge is -2.20. The maximum atomic E-state index is 2.36. The van der Waals surface area contributed by atoms with Crippen LogP contribution in [0.4, 0.5) is 0 Å². The Hall–Kier alpha value is -0.520. The topological polar surface area (TPSA) is 0 Å². The quantitative estimate of drug-likeness (QED) is 0.564. The van der Waals surface area contributed by atoms with E-state index in [0.29, 0.717) is 0 Å². The Morgan fingerprint density at radius 3 is 2.82 bits per heavy atom. The fraction of sp³-hybridized carbons (Fsp3) is 0.636. The largest absolute Gasteiger partial charge is 0.0810 e. The van der Waals surface area contributed by atoms with E-state index >= 15 is 0 Å². The first-order valence-corrected chi connectivity index (χ1v) is 4.59. The zero-order valence-electron chi connectivity index (χ0n) is 7.80. The Morgan fingerprint density at radius 2 is 2.36 bits per heavy atom. The van der Waals surface area contributed by atoms with Crippen LogP contribution in [0, 0.1) is 11.8 Å². The summed E-state index contributed by atoms with van der Waals surface area (Å²) in [6, 6.07) is 0. The Kier molecular flexibility index (Phi) is 2.92. The molecule has 0 N–H and O–H groups in total. The van der Waals surface area contributed by atoms with Gasteiger partial charge in [0.15, 0.2) is 0 Å². The fourth-order valence-electron chi connectivity index (χ4n) is 1.47. The Balaban J connectivity index is 2.48. The number of rotatable bonds is 2. The first-order chi connectivity index (χ1) is 5.24. The molecule has 1 rings (SSSR count). The summed E-state index contributed by atoms with van der Waals surface area (Å²) in [6.45, 7) is 6.77. The van der Waals surface area contributed by atoms with Crippen molar-refractivity contribution in [2.24, 2.45) is 11.8 Å². The van der Waals surface area contributed by atoms with E-state index in [2.05, 4.69) is 39.0 Å². The maximum Gasteiger partial charge on any atom is -0.0170 e. The summed E-state index contributed by atoms with van der Waals surface area (Å²) in [5, 5.41) is 0. The fourth-order valence-corrected chi connectivity index (χ4v) is 1.47. The van der Waals surface area contributed by atoms with E-state index in [1.54, 1.807) is 0 Å². The van der Waals surface area contributed by atoms with Crippen LogP contribution in [0.25, 0.3) is 0 Å². The van der Waals surface area contributed by atoms with Crippen molar-refractivity contribution >= 4 is 0 Å². The van der Waals surface area contributed by atoms with Gasteiger partial charge in [-0.2, -0.15) is 0 Å². The van der Waals surface area contributed by atoms with Gasteiger partial charge in [-0.3, -0.25) is 0 Å². The van der Waals surface area contributed by atoms with Crippen LogP contribution in [0.15, 0.2) is 23.8 Å². The van der Waals surface area contributed by atoms with Crippen LogP contribution in [-0.2, 0) is 0 Å². The van der Waals surface area contributed by atoms with E-state index < -0.39 is 0 Å². The monoisotopic (exact) mass is 150 g/mol. The Labute approximate surface area is 70.0 Å². The molecule has 0 spiro atoms. The molecule has 0 aromatic rings. The average Bonchev–Trinajstić information content (AvgIpc) is 2.05. The highest BCUT2D eigenvalue weighted by Crippen LogP contribution is 2.25. The van der Waals surface area contributed by atoms with Crippen molar-refractivity contribution in [2.75, 3.05) is 0 Å². The summed E-state index contributed by atoms with van der Waals surface area (Å²) >= 11 is 0. The zero-order chi connectivity index (χ0) is 8.27. The smallest absolute Gasteiger partial charge is 0.0170 e. The molecular formula is C11H18. The average molecular weight is 150 g/mol. The molecule has 0 aromatic heterocycles. The summed E-state index contributed by atoms with van der Waals surface area (Å²) in [5.74, 6) is 1.64. The van der Waals surface area contributed by atoms with Gasteiger partial charge in [0.25, 0.3) is 0 Å². The standard InChI is InChI=1S/C11H18/c1-4-10(3)11-7-5-9(2)6-8-11/h5-7,10-11H,4,8H2,1-3H3. The van der Waals surface area contributed by atoms with Crippen molar-refractivity contribution in [1.82, 2.24) is 0 Å². The number of allylic oxidation sites excluding steroid dienone is 4. The van der Waals surface area contributed by atoms with Crippen molar-refractivity contribution in [3.8, 4) is 0 Å². The van der Waals surface area contributed by atoms with Crippen molar-refractivity contribution in [2.45, 2.75) is 33.6 Å². The van der Waals surface area contributed by atoms with Crippen molar-refractivity contribution in [3.63, 3.8) is 0 Å². The third-order valence-corrected chi connectivity index (χ3v) is 2.69. The van der Waals surface area contributed by atoms with E-state index in [1.807, 2.05) is 0 Å². The van der Waals surface area contributed by atoms with Gasteiger partial charge in [-0.25, -0.2) is 0 Å². The summed E-state index contributed by atoms with van der Waals surface area (Å²) in [6.07, 6.45) is 9.50. The van der Waals surface area contributed by atoms with Crippen LogP contribution in [0.2, 0.25) is 0 Å². The van der Waals surface area contributed by atoms with Gasteiger partial charge in [0.2, 0.25) is 0 Å². The number of hydrogen-bond acceptors (Lipinski definition) is 0. The summed E-state index contributed by atoms with van der Waals surface area (Å²) in [7, 11) is 0. The molecule has 1 aliphatic carbocycles. The second kappa shape index (κ2) is 3.75. The van der Waals surface area contributed by atoms with Gasteiger partial charge in [0.1, 0.15) is 0 Å². The van der Waals surface area contributed by atoms with Crippen molar-refractivity contribution in [1.29, 1.82) is 0 Å². The van der Waals surface area contributed by atoms with E-state index in [0.717, 1.165) is 11.8 Å². The molecule has 1 aliphatic rings. The molecule has 0 aliphatic heterocycles. The van der Waals surface area contributed by atoms with Gasteiger partial charge in [-0.15, -0.1) is 0 Å². The summed E-state index contributed by atoms with van der Waals surface area (Å²) in [4.78, 5) is 0. The third kappa shape index (κ3) is 2.21. The predicted molar refractivity (Wildman–Crippen MR) is 50.5 cm³/mol. The number of hydrogen-bond donors (Lipinski definition) is 0. The van der Waals surface area contributed by atoms with Crippen LogP contribution in [0.5, 0.6) is 0 Å². The minimum absolute atomic E-state index is 0.795. The molecule has 11 heavy (non-hydrogen) atoms. The zero-order valence-corrected chi connectivity index (χ0v) is 7.80. The van der Waals surface area contributed by atoms with Gasteiger partial charge in [-0.05, 0) is 25.2 Å². The van der Waals surface area contributed by atoms with E-state index in [1.165, 1.54) is 18.4 Å². The minimum Gasteiger partial charge on any atom is -0.0810 e. The summed E-state index contributed by atoms with van der Waals surface area (Å²) in [5.41, 5.74) is 1.42. The van der Waals surface area contributed by atoms with E-state index in [4.69, 9.17) is 0 Å². The van der Waals surface area contributed by atoms with Gasteiger partial charge in [0.05, 0.1) is 0 Å². The maximum absolute atomic E-state index is 2.36. The highest BCUT2D eigenvalue weighted by atomic mass is 14.2. The molecule has 0 aromatic carbocycles. The lowest BCUT2D eigenvalue weighted by Crippen LogP contribution is -2.09. The molecule has 0 heterocycles. The molecule has 0 saturated carbocycles. The van der Waals surface area contributed by atoms with Gasteiger partial charge >= 0.3 is 0 Å². The molecule has 62 valence electrons. The second-order valence-corrected chi connectivity index (χ2v) is 3.59. The highest BCUT2D eigenvalue weighted by Gasteiger charge is 2.12. The molecular weight excluding hydrogens is 132 g/mol. The van der Waals surface area contributed by atoms with Gasteiger partial charge < -0.3 is 0 Å². The lowest BCUT2D eigenvalue weighted by atomic mass is 9.85. The first kappa shape index (κ1) is 8.58. The molecule has 0 saturated heterocycles. The lowest BCUT2D eigenvalue weighted by molar-refractivity contribution is 0.416. The van der Waals surface area contributed by atoms with E-state index in [9.17, 15) is 0 Å². The van der Waals surface area contributed by atoms with Crippen LogP contribution in [-0.4, -0.2) is 0 Å². The van der Waals surface area contributed by atoms with Crippen LogP contribution >= 0.6 is 0 Å². The van der Waals surface area contributed by atoms with Crippen LogP contribution < -0.4 is 0 Å². The molecule has 0 heteroatoms. The van der Waals surface area contributed by atoms with Gasteiger partial charge in [-0.1, -0.05) is 44.1 Å². The molecule has 0 nitrogen and oxygen atoms in total. The first-order valence-electron chi connectivity index (χ1n) is 4.59. The second-order valence-electron chi connectivity index (χ2n) is 3.59. The third-order valence-electron chi connectivity index (χ3n) is 2.69. The minimum atomic E-state index is 0.795. The molecule has 2 unspecified atom stereocenters. The summed E-state index contributed by atoms with van der Waals surface area (Å²) < 4.78 is 0. The highest BCUT2D eigenvalue weighted by molar-refractivity contribution is 5.21. The van der Waals surface area contributed by atoms with E-state index in [-0.39, 0.29) is 0 Å². The molecule has 0 radical (unpaired) electrons. The van der Waals surface area contributed by atoms with Crippen LogP contribution in [0.1, 0.15) is 33.6 Å².